The molecule has 2 aromatic carbocycles. The number of anilines is 1. The van der Waals surface area contributed by atoms with Gasteiger partial charge in [0.1, 0.15) is 0 Å². The Hall–Kier alpha value is -2.67. The normalized spacial score (nSPS) is 15.8. The van der Waals surface area contributed by atoms with Crippen molar-refractivity contribution in [1.82, 2.24) is 0 Å². The molecule has 1 atom stereocenters. The predicted octanol–water partition coefficient (Wildman–Crippen LogP) is 4.17. The van der Waals surface area contributed by atoms with E-state index in [4.69, 9.17) is 14.2 Å². The molecule has 154 valence electrons. The Morgan fingerprint density at radius 1 is 1.17 bits per heavy atom. The Morgan fingerprint density at radius 2 is 1.97 bits per heavy atom. The minimum atomic E-state index is -0.578. The minimum Gasteiger partial charge on any atom is -0.493 e. The van der Waals surface area contributed by atoms with E-state index >= 15 is 0 Å². The zero-order valence-corrected chi connectivity index (χ0v) is 17.7. The van der Waals surface area contributed by atoms with Crippen LogP contribution in [0.5, 0.6) is 11.5 Å². The summed E-state index contributed by atoms with van der Waals surface area (Å²) in [5, 5.41) is 0.410. The van der Waals surface area contributed by atoms with Gasteiger partial charge in [-0.3, -0.25) is 4.79 Å². The number of fused-ring (bicyclic) bond motifs is 1. The van der Waals surface area contributed by atoms with E-state index in [0.29, 0.717) is 35.5 Å². The zero-order valence-electron chi connectivity index (χ0n) is 16.8. The van der Waals surface area contributed by atoms with Gasteiger partial charge in [-0.2, -0.15) is 0 Å². The fraction of sp³-hybridized carbons (Fsp3) is 0.364. The van der Waals surface area contributed by atoms with Gasteiger partial charge in [-0.15, -0.1) is 11.8 Å². The number of rotatable bonds is 6. The number of ether oxygens (including phenoxy) is 3. The number of esters is 1. The van der Waals surface area contributed by atoms with Crippen molar-refractivity contribution in [1.29, 1.82) is 0 Å². The SMILES string of the molecule is CCOc1ccc(C(=O)OCC(=O)N2CC[C@H](C)Sc3ccccc32)cc1OC. The van der Waals surface area contributed by atoms with Gasteiger partial charge in [0.25, 0.3) is 5.91 Å². The summed E-state index contributed by atoms with van der Waals surface area (Å²) in [5.74, 6) is 0.180. The number of hydrogen-bond donors (Lipinski definition) is 0. The zero-order chi connectivity index (χ0) is 20.8. The highest BCUT2D eigenvalue weighted by molar-refractivity contribution is 8.00. The van der Waals surface area contributed by atoms with Crippen LogP contribution in [0.1, 0.15) is 30.6 Å². The second-order valence-electron chi connectivity index (χ2n) is 6.61. The van der Waals surface area contributed by atoms with E-state index < -0.39 is 5.97 Å². The van der Waals surface area contributed by atoms with Crippen molar-refractivity contribution >= 4 is 29.3 Å². The molecular weight excluding hydrogens is 390 g/mol. The third kappa shape index (κ3) is 5.03. The van der Waals surface area contributed by atoms with Gasteiger partial charge in [-0.25, -0.2) is 4.79 Å². The monoisotopic (exact) mass is 415 g/mol. The van der Waals surface area contributed by atoms with Crippen molar-refractivity contribution < 1.29 is 23.8 Å². The summed E-state index contributed by atoms with van der Waals surface area (Å²) in [6.45, 7) is 4.78. The minimum absolute atomic E-state index is 0.238. The Kier molecular flexibility index (Phi) is 7.04. The maximum atomic E-state index is 12.8. The molecule has 1 amide bonds. The molecule has 0 fully saturated rings. The molecule has 0 saturated heterocycles. The highest BCUT2D eigenvalue weighted by Gasteiger charge is 2.25. The van der Waals surface area contributed by atoms with Gasteiger partial charge in [-0.05, 0) is 43.7 Å². The number of carbonyl (C=O) groups excluding carboxylic acids is 2. The molecule has 7 heteroatoms. The maximum absolute atomic E-state index is 12.8. The van der Waals surface area contributed by atoms with Gasteiger partial charge in [-0.1, -0.05) is 19.1 Å². The number of para-hydroxylation sites is 1. The molecule has 6 nitrogen and oxygen atoms in total. The average molecular weight is 416 g/mol. The first-order chi connectivity index (χ1) is 14.0. The largest absolute Gasteiger partial charge is 0.493 e. The summed E-state index contributed by atoms with van der Waals surface area (Å²) in [6.07, 6.45) is 0.870. The van der Waals surface area contributed by atoms with E-state index in [1.54, 1.807) is 34.9 Å². The highest BCUT2D eigenvalue weighted by atomic mass is 32.2. The molecule has 2 aromatic rings. The fourth-order valence-corrected chi connectivity index (χ4v) is 4.22. The molecule has 29 heavy (non-hydrogen) atoms. The van der Waals surface area contributed by atoms with E-state index in [1.165, 1.54) is 7.11 Å². The van der Waals surface area contributed by atoms with Gasteiger partial charge < -0.3 is 19.1 Å². The number of nitrogens with zero attached hydrogens (tertiary/aromatic N) is 1. The summed E-state index contributed by atoms with van der Waals surface area (Å²) < 4.78 is 16.0. The molecule has 0 N–H and O–H groups in total. The van der Waals surface area contributed by atoms with Gasteiger partial charge in [0.15, 0.2) is 18.1 Å². The molecule has 0 saturated carbocycles. The number of benzene rings is 2. The summed E-state index contributed by atoms with van der Waals surface area (Å²) >= 11 is 1.76. The van der Waals surface area contributed by atoms with Crippen LogP contribution in [0, 0.1) is 0 Å². The summed E-state index contributed by atoms with van der Waals surface area (Å²) in [7, 11) is 1.51. The van der Waals surface area contributed by atoms with Gasteiger partial charge in [0.05, 0.1) is 25.0 Å². The van der Waals surface area contributed by atoms with Crippen molar-refractivity contribution in [3.8, 4) is 11.5 Å². The quantitative estimate of drug-likeness (QED) is 0.660. The second kappa shape index (κ2) is 9.69. The Balaban J connectivity index is 1.68. The van der Waals surface area contributed by atoms with E-state index in [0.717, 1.165) is 17.0 Å². The van der Waals surface area contributed by atoms with Crippen molar-refractivity contribution in [3.05, 3.63) is 48.0 Å². The molecule has 0 radical (unpaired) electrons. The Bertz CT molecular complexity index is 885. The standard InChI is InChI=1S/C22H25NO5S/c1-4-27-18-10-9-16(13-19(18)26-3)22(25)28-14-21(24)23-12-11-15(2)29-20-8-6-5-7-17(20)23/h5-10,13,15H,4,11-12,14H2,1-3H3/t15-/m0/s1. The summed E-state index contributed by atoms with van der Waals surface area (Å²) in [4.78, 5) is 28.0. The van der Waals surface area contributed by atoms with Crippen LogP contribution in [0.25, 0.3) is 0 Å². The fourth-order valence-electron chi connectivity index (χ4n) is 3.10. The number of carbonyl (C=O) groups is 2. The van der Waals surface area contributed by atoms with E-state index in [2.05, 4.69) is 6.92 Å². The molecule has 1 aliphatic heterocycles. The van der Waals surface area contributed by atoms with Crippen LogP contribution >= 0.6 is 11.8 Å². The number of methoxy groups -OCH3 is 1. The van der Waals surface area contributed by atoms with Crippen LogP contribution in [0.2, 0.25) is 0 Å². The lowest BCUT2D eigenvalue weighted by atomic mass is 10.2. The molecule has 3 rings (SSSR count). The smallest absolute Gasteiger partial charge is 0.338 e. The number of hydrogen-bond acceptors (Lipinski definition) is 6. The lowest BCUT2D eigenvalue weighted by Gasteiger charge is -2.22. The summed E-state index contributed by atoms with van der Waals surface area (Å²) in [5.41, 5.74) is 1.17. The van der Waals surface area contributed by atoms with Crippen LogP contribution in [0.3, 0.4) is 0 Å². The maximum Gasteiger partial charge on any atom is 0.338 e. The molecule has 0 aromatic heterocycles. The van der Waals surface area contributed by atoms with Gasteiger partial charge >= 0.3 is 5.97 Å². The van der Waals surface area contributed by atoms with Crippen LogP contribution < -0.4 is 14.4 Å². The molecule has 1 aliphatic rings. The van der Waals surface area contributed by atoms with Crippen molar-refractivity contribution in [2.45, 2.75) is 30.4 Å². The lowest BCUT2D eigenvalue weighted by Crippen LogP contribution is -2.35. The van der Waals surface area contributed by atoms with Crippen LogP contribution in [0.15, 0.2) is 47.4 Å². The molecule has 0 bridgehead atoms. The summed E-state index contributed by atoms with van der Waals surface area (Å²) in [6, 6.07) is 12.6. The average Bonchev–Trinajstić information content (AvgIpc) is 2.90. The number of thioether (sulfide) groups is 1. The Labute approximate surface area is 175 Å². The molecule has 0 unspecified atom stereocenters. The molecule has 0 aliphatic carbocycles. The predicted molar refractivity (Wildman–Crippen MR) is 113 cm³/mol. The van der Waals surface area contributed by atoms with Crippen LogP contribution in [-0.4, -0.2) is 44.0 Å². The topological polar surface area (TPSA) is 65.1 Å². The molecule has 0 spiro atoms. The first-order valence-corrected chi connectivity index (χ1v) is 10.5. The third-order valence-corrected chi connectivity index (χ3v) is 5.81. The van der Waals surface area contributed by atoms with E-state index in [1.807, 2.05) is 31.2 Å². The first-order valence-electron chi connectivity index (χ1n) is 9.57. The van der Waals surface area contributed by atoms with Gasteiger partial charge in [0.2, 0.25) is 0 Å². The van der Waals surface area contributed by atoms with Crippen LogP contribution in [0.4, 0.5) is 5.69 Å². The van der Waals surface area contributed by atoms with Crippen LogP contribution in [-0.2, 0) is 9.53 Å². The second-order valence-corrected chi connectivity index (χ2v) is 8.09. The molecular formula is C22H25NO5S. The Morgan fingerprint density at radius 3 is 2.72 bits per heavy atom. The van der Waals surface area contributed by atoms with Crippen molar-refractivity contribution in [2.75, 3.05) is 31.8 Å². The van der Waals surface area contributed by atoms with Crippen molar-refractivity contribution in [2.24, 2.45) is 0 Å². The number of amides is 1. The lowest BCUT2D eigenvalue weighted by molar-refractivity contribution is -0.121. The van der Waals surface area contributed by atoms with Gasteiger partial charge in [0, 0.05) is 16.7 Å². The molecule has 1 heterocycles. The first kappa shape index (κ1) is 21.0. The third-order valence-electron chi connectivity index (χ3n) is 4.57. The van der Waals surface area contributed by atoms with E-state index in [9.17, 15) is 9.59 Å². The van der Waals surface area contributed by atoms with Crippen molar-refractivity contribution in [3.63, 3.8) is 0 Å². The highest BCUT2D eigenvalue weighted by Crippen LogP contribution is 2.37. The van der Waals surface area contributed by atoms with E-state index in [-0.39, 0.29) is 12.5 Å².